The predicted molar refractivity (Wildman–Crippen MR) is 133 cm³/mol. The number of carbonyl (C=O) groups excluding carboxylic acids is 3. The third kappa shape index (κ3) is 6.65. The number of nitrogens with zero attached hydrogens (tertiary/aromatic N) is 1. The van der Waals surface area contributed by atoms with Crippen LogP contribution in [0.5, 0.6) is 5.75 Å². The topological polar surface area (TPSA) is 101 Å². The fourth-order valence-electron chi connectivity index (χ4n) is 4.37. The Hall–Kier alpha value is -3.29. The largest absolute Gasteiger partial charge is 0.491 e. The number of aryl methyl sites for hydroxylation is 1. The standard InChI is InChI=1S/C27H37N3O5/c1-16(2)34-22-11-9-20(10-12-22)14-28-25(31)21-8-7-13-30(15-21)26(32)24-18(5)23(19(6)29-24)27(33)35-17(3)4/h9-12,16-17,21,29H,7-8,13-15H2,1-6H3,(H,28,31). The molecule has 1 aliphatic heterocycles. The molecule has 0 radical (unpaired) electrons. The first-order valence-corrected chi connectivity index (χ1v) is 12.3. The van der Waals surface area contributed by atoms with Crippen molar-refractivity contribution in [2.45, 2.75) is 73.1 Å². The molecule has 190 valence electrons. The third-order valence-corrected chi connectivity index (χ3v) is 6.04. The summed E-state index contributed by atoms with van der Waals surface area (Å²) in [4.78, 5) is 43.4. The normalized spacial score (nSPS) is 15.9. The number of likely N-dealkylation sites (tertiary alicyclic amines) is 1. The van der Waals surface area contributed by atoms with Gasteiger partial charge in [0.05, 0.1) is 23.7 Å². The molecule has 1 atom stereocenters. The molecule has 1 unspecified atom stereocenters. The predicted octanol–water partition coefficient (Wildman–Crippen LogP) is 4.15. The number of nitrogens with one attached hydrogen (secondary N) is 2. The smallest absolute Gasteiger partial charge is 0.340 e. The molecule has 2 N–H and O–H groups in total. The number of rotatable bonds is 8. The SMILES string of the molecule is Cc1[nH]c(C(=O)N2CCCC(C(=O)NCc3ccc(OC(C)C)cc3)C2)c(C)c1C(=O)OC(C)C. The fraction of sp³-hybridized carbons (Fsp3) is 0.519. The van der Waals surface area contributed by atoms with Crippen molar-refractivity contribution in [2.24, 2.45) is 5.92 Å². The number of hydrogen-bond donors (Lipinski definition) is 2. The van der Waals surface area contributed by atoms with Crippen LogP contribution in [-0.2, 0) is 16.1 Å². The van der Waals surface area contributed by atoms with Gasteiger partial charge in [-0.3, -0.25) is 9.59 Å². The van der Waals surface area contributed by atoms with Crippen LogP contribution in [0, 0.1) is 19.8 Å². The highest BCUT2D eigenvalue weighted by molar-refractivity contribution is 6.00. The molecule has 8 nitrogen and oxygen atoms in total. The molecule has 3 rings (SSSR count). The van der Waals surface area contributed by atoms with Crippen molar-refractivity contribution in [1.29, 1.82) is 0 Å². The monoisotopic (exact) mass is 483 g/mol. The highest BCUT2D eigenvalue weighted by atomic mass is 16.5. The van der Waals surface area contributed by atoms with E-state index < -0.39 is 5.97 Å². The van der Waals surface area contributed by atoms with E-state index >= 15 is 0 Å². The Morgan fingerprint density at radius 1 is 1.09 bits per heavy atom. The molecule has 8 heteroatoms. The summed E-state index contributed by atoms with van der Waals surface area (Å²) in [5.41, 5.74) is 2.94. The summed E-state index contributed by atoms with van der Waals surface area (Å²) in [5, 5.41) is 3.00. The average Bonchev–Trinajstić information content (AvgIpc) is 3.11. The number of ether oxygens (including phenoxy) is 2. The van der Waals surface area contributed by atoms with Gasteiger partial charge in [-0.2, -0.15) is 0 Å². The molecule has 1 aromatic carbocycles. The van der Waals surface area contributed by atoms with Crippen molar-refractivity contribution in [1.82, 2.24) is 15.2 Å². The van der Waals surface area contributed by atoms with Gasteiger partial charge in [0, 0.05) is 25.3 Å². The van der Waals surface area contributed by atoms with Crippen molar-refractivity contribution in [3.63, 3.8) is 0 Å². The van der Waals surface area contributed by atoms with E-state index in [2.05, 4.69) is 10.3 Å². The zero-order valence-electron chi connectivity index (χ0n) is 21.6. The van der Waals surface area contributed by atoms with E-state index in [1.807, 2.05) is 38.1 Å². The number of amides is 2. The molecule has 0 saturated carbocycles. The average molecular weight is 484 g/mol. The zero-order chi connectivity index (χ0) is 25.7. The summed E-state index contributed by atoms with van der Waals surface area (Å²) >= 11 is 0. The van der Waals surface area contributed by atoms with Crippen molar-refractivity contribution < 1.29 is 23.9 Å². The number of H-pyrrole nitrogens is 1. The quantitative estimate of drug-likeness (QED) is 0.550. The maximum atomic E-state index is 13.3. The first-order valence-electron chi connectivity index (χ1n) is 12.3. The Morgan fingerprint density at radius 2 is 1.77 bits per heavy atom. The molecule has 1 aliphatic rings. The molecule has 2 heterocycles. The van der Waals surface area contributed by atoms with Crippen LogP contribution < -0.4 is 10.1 Å². The van der Waals surface area contributed by atoms with Gasteiger partial charge in [0.25, 0.3) is 5.91 Å². The Bertz CT molecular complexity index is 1060. The van der Waals surface area contributed by atoms with Crippen LogP contribution in [0.3, 0.4) is 0 Å². The van der Waals surface area contributed by atoms with E-state index in [0.717, 1.165) is 24.2 Å². The molecule has 35 heavy (non-hydrogen) atoms. The van der Waals surface area contributed by atoms with Crippen LogP contribution in [0.1, 0.15) is 78.2 Å². The van der Waals surface area contributed by atoms with Gasteiger partial charge >= 0.3 is 5.97 Å². The second kappa shape index (κ2) is 11.4. The van der Waals surface area contributed by atoms with Crippen LogP contribution >= 0.6 is 0 Å². The van der Waals surface area contributed by atoms with Gasteiger partial charge in [-0.25, -0.2) is 4.79 Å². The van der Waals surface area contributed by atoms with Gasteiger partial charge in [0.15, 0.2) is 0 Å². The van der Waals surface area contributed by atoms with Gasteiger partial charge in [-0.15, -0.1) is 0 Å². The molecular weight excluding hydrogens is 446 g/mol. The minimum atomic E-state index is -0.440. The zero-order valence-corrected chi connectivity index (χ0v) is 21.6. The number of hydrogen-bond acceptors (Lipinski definition) is 5. The molecule has 0 aliphatic carbocycles. The van der Waals surface area contributed by atoms with Crippen LogP contribution in [0.25, 0.3) is 0 Å². The van der Waals surface area contributed by atoms with E-state index in [-0.39, 0.29) is 29.9 Å². The number of carbonyl (C=O) groups is 3. The maximum absolute atomic E-state index is 13.3. The summed E-state index contributed by atoms with van der Waals surface area (Å²) in [7, 11) is 0. The van der Waals surface area contributed by atoms with Gasteiger partial charge in [-0.05, 0) is 77.6 Å². The highest BCUT2D eigenvalue weighted by Crippen LogP contribution is 2.24. The molecule has 1 fully saturated rings. The minimum Gasteiger partial charge on any atom is -0.491 e. The number of aromatic amines is 1. The lowest BCUT2D eigenvalue weighted by Gasteiger charge is -2.32. The fourth-order valence-corrected chi connectivity index (χ4v) is 4.37. The maximum Gasteiger partial charge on any atom is 0.340 e. The van der Waals surface area contributed by atoms with E-state index in [0.29, 0.717) is 42.1 Å². The summed E-state index contributed by atoms with van der Waals surface area (Å²) < 4.78 is 11.0. The summed E-state index contributed by atoms with van der Waals surface area (Å²) in [6.07, 6.45) is 1.33. The second-order valence-corrected chi connectivity index (χ2v) is 9.70. The van der Waals surface area contributed by atoms with Crippen molar-refractivity contribution in [3.05, 3.63) is 52.3 Å². The van der Waals surface area contributed by atoms with Gasteiger partial charge < -0.3 is 24.7 Å². The number of aromatic nitrogens is 1. The summed E-state index contributed by atoms with van der Waals surface area (Å²) in [6.45, 7) is 12.4. The number of benzene rings is 1. The van der Waals surface area contributed by atoms with Gasteiger partial charge in [0.2, 0.25) is 5.91 Å². The molecule has 0 bridgehead atoms. The van der Waals surface area contributed by atoms with Crippen LogP contribution in [0.15, 0.2) is 24.3 Å². The molecule has 2 aromatic rings. The van der Waals surface area contributed by atoms with E-state index in [1.165, 1.54) is 0 Å². The Labute approximate surface area is 207 Å². The molecule has 2 amide bonds. The van der Waals surface area contributed by atoms with E-state index in [1.54, 1.807) is 32.6 Å². The molecular formula is C27H37N3O5. The van der Waals surface area contributed by atoms with Crippen LogP contribution in [-0.4, -0.2) is 53.0 Å². The first kappa shape index (κ1) is 26.3. The number of esters is 1. The lowest BCUT2D eigenvalue weighted by molar-refractivity contribution is -0.126. The Morgan fingerprint density at radius 3 is 2.40 bits per heavy atom. The first-order chi connectivity index (χ1) is 16.6. The van der Waals surface area contributed by atoms with Crippen molar-refractivity contribution >= 4 is 17.8 Å². The molecule has 1 saturated heterocycles. The van der Waals surface area contributed by atoms with Crippen molar-refractivity contribution in [3.8, 4) is 5.75 Å². The second-order valence-electron chi connectivity index (χ2n) is 9.70. The van der Waals surface area contributed by atoms with Crippen molar-refractivity contribution in [2.75, 3.05) is 13.1 Å². The third-order valence-electron chi connectivity index (χ3n) is 6.04. The molecule has 0 spiro atoms. The Kier molecular flexibility index (Phi) is 8.59. The lowest BCUT2D eigenvalue weighted by Crippen LogP contribution is -2.45. The van der Waals surface area contributed by atoms with Crippen LogP contribution in [0.4, 0.5) is 0 Å². The summed E-state index contributed by atoms with van der Waals surface area (Å²) in [5.74, 6) is -0.187. The van der Waals surface area contributed by atoms with E-state index in [9.17, 15) is 14.4 Å². The van der Waals surface area contributed by atoms with Gasteiger partial charge in [-0.1, -0.05) is 12.1 Å². The Balaban J connectivity index is 1.61. The number of piperidine rings is 1. The summed E-state index contributed by atoms with van der Waals surface area (Å²) in [6, 6.07) is 7.67. The van der Waals surface area contributed by atoms with Gasteiger partial charge in [0.1, 0.15) is 11.4 Å². The van der Waals surface area contributed by atoms with E-state index in [4.69, 9.17) is 9.47 Å². The minimum absolute atomic E-state index is 0.0643. The van der Waals surface area contributed by atoms with Crippen LogP contribution in [0.2, 0.25) is 0 Å². The highest BCUT2D eigenvalue weighted by Gasteiger charge is 2.32. The molecule has 1 aromatic heterocycles. The lowest BCUT2D eigenvalue weighted by atomic mass is 9.96.